The first-order valence-electron chi connectivity index (χ1n) is 6.42. The first kappa shape index (κ1) is 14.6. The normalized spacial score (nSPS) is 11.3. The van der Waals surface area contributed by atoms with Gasteiger partial charge in [-0.3, -0.25) is 4.79 Å². The minimum Gasteiger partial charge on any atom is -0.472 e. The minimum absolute atomic E-state index is 0.258. The van der Waals surface area contributed by atoms with Gasteiger partial charge >= 0.3 is 5.97 Å². The van der Waals surface area contributed by atoms with Crippen LogP contribution in [0.4, 0.5) is 5.13 Å². The molecule has 0 unspecified atom stereocenters. The second kappa shape index (κ2) is 6.09. The van der Waals surface area contributed by atoms with Crippen LogP contribution in [0.5, 0.6) is 0 Å². The van der Waals surface area contributed by atoms with Crippen LogP contribution in [0.15, 0.2) is 28.4 Å². The predicted molar refractivity (Wildman–Crippen MR) is 77.8 cm³/mol. The third-order valence-corrected chi connectivity index (χ3v) is 3.75. The van der Waals surface area contributed by atoms with Gasteiger partial charge in [-0.2, -0.15) is 0 Å². The van der Waals surface area contributed by atoms with Crippen molar-refractivity contribution in [3.8, 4) is 0 Å². The molecule has 2 aromatic rings. The van der Waals surface area contributed by atoms with Crippen LogP contribution < -0.4 is 5.32 Å². The van der Waals surface area contributed by atoms with E-state index in [1.807, 2.05) is 25.3 Å². The topological polar surface area (TPSA) is 64.4 Å². The van der Waals surface area contributed by atoms with Crippen LogP contribution in [0, 0.1) is 0 Å². The third kappa shape index (κ3) is 3.19. The van der Waals surface area contributed by atoms with Crippen molar-refractivity contribution in [2.75, 3.05) is 11.9 Å². The highest BCUT2D eigenvalue weighted by molar-refractivity contribution is 7.13. The van der Waals surface area contributed by atoms with Crippen LogP contribution in [-0.2, 0) is 21.5 Å². The molecule has 1 N–H and O–H groups in total. The predicted octanol–water partition coefficient (Wildman–Crippen LogP) is 3.19. The van der Waals surface area contributed by atoms with Crippen molar-refractivity contribution in [2.24, 2.45) is 0 Å². The van der Waals surface area contributed by atoms with E-state index in [9.17, 15) is 4.79 Å². The molecule has 0 amide bonds. The van der Waals surface area contributed by atoms with E-state index in [-0.39, 0.29) is 5.97 Å². The number of nitrogens with one attached hydrogen (secondary N) is 1. The molecule has 2 heterocycles. The first-order chi connectivity index (χ1) is 9.54. The van der Waals surface area contributed by atoms with Crippen molar-refractivity contribution in [1.82, 2.24) is 4.98 Å². The summed E-state index contributed by atoms with van der Waals surface area (Å²) >= 11 is 1.47. The van der Waals surface area contributed by atoms with Gasteiger partial charge in [0.15, 0.2) is 5.13 Å². The van der Waals surface area contributed by atoms with E-state index >= 15 is 0 Å². The van der Waals surface area contributed by atoms with E-state index in [0.717, 1.165) is 16.4 Å². The summed E-state index contributed by atoms with van der Waals surface area (Å²) in [4.78, 5) is 16.4. The third-order valence-electron chi connectivity index (χ3n) is 2.95. The zero-order valence-electron chi connectivity index (χ0n) is 11.8. The largest absolute Gasteiger partial charge is 0.472 e. The summed E-state index contributed by atoms with van der Waals surface area (Å²) in [7, 11) is 0. The van der Waals surface area contributed by atoms with Crippen molar-refractivity contribution < 1.29 is 13.9 Å². The maximum absolute atomic E-state index is 11.9. The quantitative estimate of drug-likeness (QED) is 0.829. The number of carbonyl (C=O) groups is 1. The van der Waals surface area contributed by atoms with E-state index in [2.05, 4.69) is 10.3 Å². The molecule has 0 saturated carbocycles. The van der Waals surface area contributed by atoms with Crippen molar-refractivity contribution in [1.29, 1.82) is 0 Å². The lowest BCUT2D eigenvalue weighted by atomic mass is 9.90. The van der Waals surface area contributed by atoms with Gasteiger partial charge in [0.25, 0.3) is 0 Å². The number of thiazole rings is 1. The summed E-state index contributed by atoms with van der Waals surface area (Å²) in [5.74, 6) is -0.258. The van der Waals surface area contributed by atoms with Crippen molar-refractivity contribution in [3.05, 3.63) is 35.2 Å². The minimum atomic E-state index is -0.734. The summed E-state index contributed by atoms with van der Waals surface area (Å²) in [6.45, 7) is 6.45. The van der Waals surface area contributed by atoms with Crippen molar-refractivity contribution in [2.45, 2.75) is 32.7 Å². The Balaban J connectivity index is 2.02. The number of nitrogens with zero attached hydrogens (tertiary/aromatic N) is 1. The number of anilines is 1. The van der Waals surface area contributed by atoms with Crippen LogP contribution in [0.3, 0.4) is 0 Å². The Morgan fingerprint density at radius 1 is 1.55 bits per heavy atom. The van der Waals surface area contributed by atoms with Gasteiger partial charge < -0.3 is 14.5 Å². The average molecular weight is 294 g/mol. The number of furan rings is 1. The van der Waals surface area contributed by atoms with Gasteiger partial charge in [-0.1, -0.05) is 0 Å². The molecule has 6 heteroatoms. The first-order valence-corrected chi connectivity index (χ1v) is 7.30. The molecule has 108 valence electrons. The second-order valence-corrected chi connectivity index (χ2v) is 5.73. The van der Waals surface area contributed by atoms with Gasteiger partial charge in [0.05, 0.1) is 24.8 Å². The summed E-state index contributed by atoms with van der Waals surface area (Å²) in [6.07, 6.45) is 3.32. The van der Waals surface area contributed by atoms with Crippen LogP contribution in [0.1, 0.15) is 32.0 Å². The highest BCUT2D eigenvalue weighted by Gasteiger charge is 2.33. The molecule has 0 atom stereocenters. The van der Waals surface area contributed by atoms with Crippen LogP contribution in [0.2, 0.25) is 0 Å². The number of esters is 1. The lowest BCUT2D eigenvalue weighted by Crippen LogP contribution is -2.31. The molecule has 2 aromatic heterocycles. The van der Waals surface area contributed by atoms with E-state index in [0.29, 0.717) is 13.2 Å². The molecule has 0 spiro atoms. The monoisotopic (exact) mass is 294 g/mol. The van der Waals surface area contributed by atoms with Gasteiger partial charge in [0.2, 0.25) is 0 Å². The number of ether oxygens (including phenoxy) is 1. The maximum atomic E-state index is 11.9. The molecule has 0 saturated heterocycles. The Morgan fingerprint density at radius 3 is 3.00 bits per heavy atom. The van der Waals surface area contributed by atoms with Gasteiger partial charge in [0, 0.05) is 17.5 Å². The van der Waals surface area contributed by atoms with Gasteiger partial charge in [-0.25, -0.2) is 4.98 Å². The molecule has 2 rings (SSSR count). The Hall–Kier alpha value is -1.82. The maximum Gasteiger partial charge on any atom is 0.317 e. The Bertz CT molecular complexity index is 561. The smallest absolute Gasteiger partial charge is 0.317 e. The molecule has 5 nitrogen and oxygen atoms in total. The molecule has 0 fully saturated rings. The standard InChI is InChI=1S/C14H18N2O3S/c1-4-19-12(17)14(2,3)11-9-20-13(16-11)15-7-10-5-6-18-8-10/h5-6,8-9H,4,7H2,1-3H3,(H,15,16). The Morgan fingerprint density at radius 2 is 2.35 bits per heavy atom. The molecule has 0 radical (unpaired) electrons. The molecule has 0 aliphatic rings. The fourth-order valence-corrected chi connectivity index (χ4v) is 2.51. The van der Waals surface area contributed by atoms with Crippen molar-refractivity contribution in [3.63, 3.8) is 0 Å². The number of hydrogen-bond acceptors (Lipinski definition) is 6. The van der Waals surface area contributed by atoms with Crippen molar-refractivity contribution >= 4 is 22.4 Å². The number of hydrogen-bond donors (Lipinski definition) is 1. The lowest BCUT2D eigenvalue weighted by molar-refractivity contribution is -0.148. The zero-order chi connectivity index (χ0) is 14.6. The number of aromatic nitrogens is 1. The molecule has 0 aliphatic heterocycles. The molecule has 0 bridgehead atoms. The van der Waals surface area contributed by atoms with E-state index in [1.165, 1.54) is 11.3 Å². The van der Waals surface area contributed by atoms with Crippen LogP contribution >= 0.6 is 11.3 Å². The van der Waals surface area contributed by atoms with E-state index in [1.54, 1.807) is 19.5 Å². The molecule has 20 heavy (non-hydrogen) atoms. The summed E-state index contributed by atoms with van der Waals surface area (Å²) in [5.41, 5.74) is 1.03. The van der Waals surface area contributed by atoms with Crippen LogP contribution in [-0.4, -0.2) is 17.6 Å². The number of carbonyl (C=O) groups excluding carboxylic acids is 1. The summed E-state index contributed by atoms with van der Waals surface area (Å²) in [6, 6.07) is 1.89. The van der Waals surface area contributed by atoms with E-state index in [4.69, 9.17) is 9.15 Å². The van der Waals surface area contributed by atoms with Gasteiger partial charge in [0.1, 0.15) is 5.41 Å². The highest BCUT2D eigenvalue weighted by Crippen LogP contribution is 2.28. The summed E-state index contributed by atoms with van der Waals surface area (Å²) < 4.78 is 10.1. The summed E-state index contributed by atoms with van der Waals surface area (Å²) in [5, 5.41) is 5.87. The Kier molecular flexibility index (Phi) is 4.44. The SMILES string of the molecule is CCOC(=O)C(C)(C)c1csc(NCc2ccoc2)n1. The lowest BCUT2D eigenvalue weighted by Gasteiger charge is -2.19. The van der Waals surface area contributed by atoms with Gasteiger partial charge in [-0.15, -0.1) is 11.3 Å². The second-order valence-electron chi connectivity index (χ2n) is 4.87. The highest BCUT2D eigenvalue weighted by atomic mass is 32.1. The fourth-order valence-electron chi connectivity index (χ4n) is 1.63. The number of rotatable bonds is 6. The zero-order valence-corrected chi connectivity index (χ0v) is 12.6. The van der Waals surface area contributed by atoms with E-state index < -0.39 is 5.41 Å². The molecular weight excluding hydrogens is 276 g/mol. The fraction of sp³-hybridized carbons (Fsp3) is 0.429. The Labute approximate surface area is 122 Å². The molecule has 0 aliphatic carbocycles. The molecular formula is C14H18N2O3S. The molecule has 0 aromatic carbocycles. The average Bonchev–Trinajstić information content (AvgIpc) is 3.08. The van der Waals surface area contributed by atoms with Crippen LogP contribution in [0.25, 0.3) is 0 Å². The van der Waals surface area contributed by atoms with Gasteiger partial charge in [-0.05, 0) is 26.8 Å².